The lowest BCUT2D eigenvalue weighted by molar-refractivity contribution is -0.122. The average molecular weight is 422 g/mol. The van der Waals surface area contributed by atoms with Gasteiger partial charge in [-0.1, -0.05) is 32.9 Å². The fourth-order valence-electron chi connectivity index (χ4n) is 4.90. The Balaban J connectivity index is 1.74. The van der Waals surface area contributed by atoms with Gasteiger partial charge in [0.25, 0.3) is 0 Å². The number of nitrogens with zero attached hydrogens (tertiary/aromatic N) is 1. The smallest absolute Gasteiger partial charge is 0.221 e. The van der Waals surface area contributed by atoms with Crippen molar-refractivity contribution in [3.8, 4) is 5.75 Å². The number of amides is 1. The number of piperidine rings is 1. The van der Waals surface area contributed by atoms with Crippen LogP contribution in [-0.4, -0.2) is 59.8 Å². The molecule has 1 saturated heterocycles. The van der Waals surface area contributed by atoms with Crippen LogP contribution in [-0.2, 0) is 4.79 Å². The van der Waals surface area contributed by atoms with E-state index >= 15 is 0 Å². The highest BCUT2D eigenvalue weighted by Gasteiger charge is 2.48. The van der Waals surface area contributed by atoms with Crippen molar-refractivity contribution in [3.05, 3.63) is 30.1 Å². The largest absolute Gasteiger partial charge is 0.485 e. The van der Waals surface area contributed by atoms with Crippen molar-refractivity contribution in [2.45, 2.75) is 70.7 Å². The van der Waals surface area contributed by atoms with Gasteiger partial charge in [-0.25, -0.2) is 4.39 Å². The number of para-hydroxylation sites is 1. The molecule has 1 aliphatic heterocycles. The molecule has 30 heavy (non-hydrogen) atoms. The highest BCUT2D eigenvalue weighted by atomic mass is 19.1. The minimum Gasteiger partial charge on any atom is -0.485 e. The van der Waals surface area contributed by atoms with Crippen LogP contribution in [0.25, 0.3) is 0 Å². The molecule has 4 N–H and O–H groups in total. The third kappa shape index (κ3) is 5.31. The number of benzene rings is 1. The van der Waals surface area contributed by atoms with Gasteiger partial charge in [-0.15, -0.1) is 0 Å². The SMILES string of the molecule is CC(C)(C)C1CCN([C@@H]2[C@@H](O)[C@H](Oc3ccccc3F)C[C@H]2NC(=O)CCN)CC1. The van der Waals surface area contributed by atoms with Crippen LogP contribution in [0.4, 0.5) is 4.39 Å². The van der Waals surface area contributed by atoms with Gasteiger partial charge in [0.1, 0.15) is 12.2 Å². The van der Waals surface area contributed by atoms with Gasteiger partial charge in [0, 0.05) is 19.4 Å². The van der Waals surface area contributed by atoms with Gasteiger partial charge in [0.2, 0.25) is 5.91 Å². The number of carbonyl (C=O) groups excluding carboxylic acids is 1. The Labute approximate surface area is 179 Å². The highest BCUT2D eigenvalue weighted by molar-refractivity contribution is 5.76. The first-order chi connectivity index (χ1) is 14.2. The topological polar surface area (TPSA) is 87.8 Å². The molecule has 2 fully saturated rings. The Morgan fingerprint density at radius 1 is 1.30 bits per heavy atom. The lowest BCUT2D eigenvalue weighted by Crippen LogP contribution is -2.56. The van der Waals surface area contributed by atoms with Gasteiger partial charge in [0.05, 0.1) is 12.1 Å². The molecule has 0 unspecified atom stereocenters. The Morgan fingerprint density at radius 3 is 2.57 bits per heavy atom. The van der Waals surface area contributed by atoms with Crippen LogP contribution in [0.5, 0.6) is 5.75 Å². The molecule has 7 heteroatoms. The predicted octanol–water partition coefficient (Wildman–Crippen LogP) is 2.30. The summed E-state index contributed by atoms with van der Waals surface area (Å²) in [6, 6.07) is 5.68. The Morgan fingerprint density at radius 2 is 1.97 bits per heavy atom. The number of aliphatic hydroxyl groups excluding tert-OH is 1. The van der Waals surface area contributed by atoms with Crippen LogP contribution < -0.4 is 15.8 Å². The van der Waals surface area contributed by atoms with E-state index in [2.05, 4.69) is 31.0 Å². The summed E-state index contributed by atoms with van der Waals surface area (Å²) < 4.78 is 19.9. The van der Waals surface area contributed by atoms with Crippen molar-refractivity contribution < 1.29 is 19.0 Å². The lowest BCUT2D eigenvalue weighted by Gasteiger charge is -2.43. The first-order valence-corrected chi connectivity index (χ1v) is 11.0. The van der Waals surface area contributed by atoms with E-state index in [0.29, 0.717) is 12.3 Å². The maximum absolute atomic E-state index is 14.1. The normalized spacial score (nSPS) is 28.5. The first kappa shape index (κ1) is 23.0. The Hall–Kier alpha value is -1.70. The number of likely N-dealkylation sites (tertiary alicyclic amines) is 1. The van der Waals surface area contributed by atoms with Crippen molar-refractivity contribution in [3.63, 3.8) is 0 Å². The molecule has 2 aliphatic rings. The number of ether oxygens (including phenoxy) is 1. The molecule has 0 radical (unpaired) electrons. The second kappa shape index (κ2) is 9.62. The molecule has 4 atom stereocenters. The number of halogens is 1. The van der Waals surface area contributed by atoms with Crippen LogP contribution in [0.3, 0.4) is 0 Å². The molecule has 1 amide bonds. The summed E-state index contributed by atoms with van der Waals surface area (Å²) in [7, 11) is 0. The van der Waals surface area contributed by atoms with Crippen molar-refractivity contribution in [2.75, 3.05) is 19.6 Å². The van der Waals surface area contributed by atoms with E-state index in [1.165, 1.54) is 6.07 Å². The molecule has 1 aromatic carbocycles. The first-order valence-electron chi connectivity index (χ1n) is 11.0. The zero-order valence-corrected chi connectivity index (χ0v) is 18.3. The summed E-state index contributed by atoms with van der Waals surface area (Å²) in [5, 5.41) is 14.2. The van der Waals surface area contributed by atoms with Gasteiger partial charge < -0.3 is 20.9 Å². The summed E-state index contributed by atoms with van der Waals surface area (Å²) in [5.74, 6) is 0.169. The van der Waals surface area contributed by atoms with E-state index in [4.69, 9.17) is 10.5 Å². The number of hydrogen-bond acceptors (Lipinski definition) is 5. The highest BCUT2D eigenvalue weighted by Crippen LogP contribution is 2.37. The Kier molecular flexibility index (Phi) is 7.37. The third-order valence-electron chi connectivity index (χ3n) is 6.64. The molecule has 3 rings (SSSR count). The zero-order valence-electron chi connectivity index (χ0n) is 18.3. The third-order valence-corrected chi connectivity index (χ3v) is 6.64. The maximum Gasteiger partial charge on any atom is 0.221 e. The summed E-state index contributed by atoms with van der Waals surface area (Å²) in [6.07, 6.45) is 1.36. The van der Waals surface area contributed by atoms with E-state index in [1.807, 2.05) is 0 Å². The molecule has 1 saturated carbocycles. The molecule has 1 aromatic rings. The fourth-order valence-corrected chi connectivity index (χ4v) is 4.90. The van der Waals surface area contributed by atoms with E-state index < -0.39 is 18.0 Å². The standard InChI is InChI=1S/C23H36FN3O3/c1-23(2,3)15-9-12-27(13-10-15)21-17(26-20(28)8-11-25)14-19(22(21)29)30-18-7-5-4-6-16(18)24/h4-7,15,17,19,21-22,29H,8-14,25H2,1-3H3,(H,26,28)/t17-,19-,21+,22+/m1/s1. The second-order valence-corrected chi connectivity index (χ2v) is 9.69. The molecule has 0 aromatic heterocycles. The fraction of sp³-hybridized carbons (Fsp3) is 0.696. The van der Waals surface area contributed by atoms with Crippen molar-refractivity contribution >= 4 is 5.91 Å². The molecular weight excluding hydrogens is 385 g/mol. The zero-order chi connectivity index (χ0) is 21.9. The number of nitrogens with one attached hydrogen (secondary N) is 1. The van der Waals surface area contributed by atoms with Crippen molar-refractivity contribution in [2.24, 2.45) is 17.1 Å². The Bertz CT molecular complexity index is 716. The van der Waals surface area contributed by atoms with Crippen LogP contribution >= 0.6 is 0 Å². The van der Waals surface area contributed by atoms with Crippen LogP contribution in [0.15, 0.2) is 24.3 Å². The quantitative estimate of drug-likeness (QED) is 0.656. The predicted molar refractivity (Wildman–Crippen MR) is 115 cm³/mol. The molecule has 168 valence electrons. The maximum atomic E-state index is 14.1. The summed E-state index contributed by atoms with van der Waals surface area (Å²) in [4.78, 5) is 14.5. The van der Waals surface area contributed by atoms with Gasteiger partial charge in [-0.05, 0) is 49.4 Å². The second-order valence-electron chi connectivity index (χ2n) is 9.69. The summed E-state index contributed by atoms with van der Waals surface area (Å²) in [5.41, 5.74) is 5.78. The summed E-state index contributed by atoms with van der Waals surface area (Å²) in [6.45, 7) is 8.81. The number of rotatable bonds is 6. The van der Waals surface area contributed by atoms with E-state index in [-0.39, 0.29) is 42.1 Å². The van der Waals surface area contributed by atoms with Crippen LogP contribution in [0.2, 0.25) is 0 Å². The minimum absolute atomic E-state index is 0.126. The lowest BCUT2D eigenvalue weighted by atomic mass is 9.75. The van der Waals surface area contributed by atoms with Crippen LogP contribution in [0.1, 0.15) is 46.5 Å². The van der Waals surface area contributed by atoms with E-state index in [9.17, 15) is 14.3 Å². The molecule has 0 spiro atoms. The van der Waals surface area contributed by atoms with Gasteiger partial charge in [0.15, 0.2) is 11.6 Å². The van der Waals surface area contributed by atoms with Gasteiger partial charge in [-0.2, -0.15) is 0 Å². The monoisotopic (exact) mass is 421 g/mol. The van der Waals surface area contributed by atoms with E-state index in [0.717, 1.165) is 25.9 Å². The van der Waals surface area contributed by atoms with Gasteiger partial charge >= 0.3 is 0 Å². The molecule has 0 bridgehead atoms. The minimum atomic E-state index is -0.820. The summed E-state index contributed by atoms with van der Waals surface area (Å²) >= 11 is 0. The number of carbonyl (C=O) groups is 1. The molecular formula is C23H36FN3O3. The molecule has 1 aliphatic carbocycles. The number of hydrogen-bond donors (Lipinski definition) is 3. The molecule has 1 heterocycles. The average Bonchev–Trinajstić information content (AvgIpc) is 2.98. The number of nitrogens with two attached hydrogens (primary N) is 1. The van der Waals surface area contributed by atoms with E-state index in [1.54, 1.807) is 18.2 Å². The molecule has 6 nitrogen and oxygen atoms in total. The van der Waals surface area contributed by atoms with Crippen LogP contribution in [0, 0.1) is 17.2 Å². The van der Waals surface area contributed by atoms with Crippen molar-refractivity contribution in [1.82, 2.24) is 10.2 Å². The van der Waals surface area contributed by atoms with Gasteiger partial charge in [-0.3, -0.25) is 9.69 Å². The van der Waals surface area contributed by atoms with Crippen molar-refractivity contribution in [1.29, 1.82) is 0 Å². The number of aliphatic hydroxyl groups is 1.